The first-order valence-corrected chi connectivity index (χ1v) is 14.6. The normalized spacial score (nSPS) is 19.0. The fourth-order valence-corrected chi connectivity index (χ4v) is 7.07. The number of nitrogens with one attached hydrogen (secondary N) is 1. The Balaban J connectivity index is 1.35. The van der Waals surface area contributed by atoms with E-state index in [1.807, 2.05) is 0 Å². The van der Waals surface area contributed by atoms with Crippen LogP contribution in [-0.4, -0.2) is 82.6 Å². The van der Waals surface area contributed by atoms with Gasteiger partial charge >= 0.3 is 11.9 Å². The first-order valence-electron chi connectivity index (χ1n) is 11.7. The number of nitrogen functional groups attached to an aromatic ring is 3. The molecule has 0 bridgehead atoms. The highest BCUT2D eigenvalue weighted by Gasteiger charge is 2.54. The highest BCUT2D eigenvalue weighted by molar-refractivity contribution is 8.01. The molecule has 3 aromatic rings. The van der Waals surface area contributed by atoms with Crippen molar-refractivity contribution in [3.63, 3.8) is 0 Å². The zero-order valence-corrected chi connectivity index (χ0v) is 23.5. The van der Waals surface area contributed by atoms with Crippen LogP contribution in [0.3, 0.4) is 0 Å². The Labute approximate surface area is 238 Å². The van der Waals surface area contributed by atoms with Gasteiger partial charge in [-0.2, -0.15) is 4.98 Å². The third kappa shape index (κ3) is 4.86. The van der Waals surface area contributed by atoms with Crippen molar-refractivity contribution in [2.24, 2.45) is 12.2 Å². The van der Waals surface area contributed by atoms with Crippen LogP contribution in [0.5, 0.6) is 0 Å². The van der Waals surface area contributed by atoms with Gasteiger partial charge in [-0.15, -0.1) is 23.1 Å². The number of carbonyl (C=O) groups is 3. The summed E-state index contributed by atoms with van der Waals surface area (Å²) in [5.74, 6) is -1.50. The van der Waals surface area contributed by atoms with Crippen LogP contribution < -0.4 is 27.1 Å². The molecule has 5 heterocycles. The Kier molecular flexibility index (Phi) is 7.43. The molecule has 210 valence electrons. The standard InChI is InChI=1S/C21H23N11O5S3/c1-3-37-29-12(9-7-39-20(24)25-9)15(33)27-13-16(34)31-14(18(35)36)8(5-38-17(13)31)6-40-21-26-10(22)4-11-30(2)19(23)28-32(11)21/h4,7,13,17,22H,3,5-6H2,1-2H3,(H6,23,24,25,27,28,33,35,36)/p+1/b29-12-/t13?,17-/m0/s1. The molecule has 19 heteroatoms. The van der Waals surface area contributed by atoms with E-state index in [-0.39, 0.29) is 46.4 Å². The molecule has 1 saturated heterocycles. The summed E-state index contributed by atoms with van der Waals surface area (Å²) in [5.41, 5.74) is 18.6. The molecule has 2 aliphatic rings. The van der Waals surface area contributed by atoms with Crippen molar-refractivity contribution >= 4 is 80.9 Å². The van der Waals surface area contributed by atoms with E-state index in [1.165, 1.54) is 32.9 Å². The number of thioether (sulfide) groups is 2. The summed E-state index contributed by atoms with van der Waals surface area (Å²) in [4.78, 5) is 53.1. The first kappa shape index (κ1) is 27.5. The lowest BCUT2D eigenvalue weighted by Gasteiger charge is -2.49. The summed E-state index contributed by atoms with van der Waals surface area (Å²) < 4.78 is 3.17. The Morgan fingerprint density at radius 3 is 2.80 bits per heavy atom. The number of oxime groups is 1. The van der Waals surface area contributed by atoms with Crippen molar-refractivity contribution in [1.29, 1.82) is 0 Å². The van der Waals surface area contributed by atoms with Gasteiger partial charge < -0.3 is 32.5 Å². The molecule has 5 rings (SSSR count). The number of carboxylic acids is 1. The van der Waals surface area contributed by atoms with E-state index in [0.29, 0.717) is 22.1 Å². The number of amides is 2. The second kappa shape index (κ2) is 10.8. The minimum Gasteiger partial charge on any atom is -0.477 e. The van der Waals surface area contributed by atoms with Gasteiger partial charge in [0.25, 0.3) is 11.8 Å². The molecule has 2 atom stereocenters. The molecule has 0 aliphatic carbocycles. The number of nitrogens with two attached hydrogens (primary N) is 3. The number of nitrogens with zero attached hydrogens (tertiary/aromatic N) is 7. The van der Waals surface area contributed by atoms with Gasteiger partial charge in [0.05, 0.1) is 7.05 Å². The molecule has 16 nitrogen and oxygen atoms in total. The van der Waals surface area contributed by atoms with Gasteiger partial charge in [0, 0.05) is 28.1 Å². The van der Waals surface area contributed by atoms with Crippen molar-refractivity contribution in [2.75, 3.05) is 35.3 Å². The third-order valence-corrected chi connectivity index (χ3v) is 8.99. The van der Waals surface area contributed by atoms with Crippen LogP contribution in [-0.2, 0) is 26.3 Å². The average molecular weight is 607 g/mol. The highest BCUT2D eigenvalue weighted by atomic mass is 32.2. The van der Waals surface area contributed by atoms with Crippen LogP contribution in [0.4, 0.5) is 16.9 Å². The van der Waals surface area contributed by atoms with E-state index >= 15 is 0 Å². The Hall–Kier alpha value is -4.10. The fraction of sp³-hybridized carbons (Fsp3) is 0.333. The quantitative estimate of drug-likeness (QED) is 0.0493. The summed E-state index contributed by atoms with van der Waals surface area (Å²) in [6.07, 6.45) is 0. The average Bonchev–Trinajstić information content (AvgIpc) is 3.47. The Morgan fingerprint density at radius 2 is 2.12 bits per heavy atom. The molecular formula is C21H24N11O5S3+. The van der Waals surface area contributed by atoms with Gasteiger partial charge in [0.2, 0.25) is 10.8 Å². The van der Waals surface area contributed by atoms with Crippen molar-refractivity contribution in [3.8, 4) is 0 Å². The largest absolute Gasteiger partial charge is 0.477 e. The molecule has 0 radical (unpaired) electrons. The number of β-lactam (4-membered cyclic amide) rings is 1. The SMILES string of the molecule is CCO/N=C(\C(=O)NC1C(=O)N2C(C(=O)O)=C(CSc3nc(N)cc4n3nc(N)[n+]4C)CS[C@@H]12)c1csc(N)n1. The predicted molar refractivity (Wildman–Crippen MR) is 148 cm³/mol. The molecule has 3 aromatic heterocycles. The number of thiazole rings is 1. The molecule has 1 unspecified atom stereocenters. The van der Waals surface area contributed by atoms with E-state index in [9.17, 15) is 19.5 Å². The second-order valence-corrected chi connectivity index (χ2v) is 11.4. The van der Waals surface area contributed by atoms with E-state index in [0.717, 1.165) is 11.3 Å². The van der Waals surface area contributed by atoms with Crippen LogP contribution in [0.25, 0.3) is 5.65 Å². The molecule has 8 N–H and O–H groups in total. The molecule has 0 saturated carbocycles. The Morgan fingerprint density at radius 1 is 1.35 bits per heavy atom. The maximum atomic E-state index is 13.1. The summed E-state index contributed by atoms with van der Waals surface area (Å²) >= 11 is 3.68. The zero-order valence-electron chi connectivity index (χ0n) is 21.1. The number of aliphatic carboxylic acids is 1. The molecule has 2 amide bonds. The molecular weight excluding hydrogens is 583 g/mol. The van der Waals surface area contributed by atoms with Crippen molar-refractivity contribution in [2.45, 2.75) is 23.5 Å². The zero-order chi connectivity index (χ0) is 28.7. The summed E-state index contributed by atoms with van der Waals surface area (Å²) in [7, 11) is 1.73. The maximum absolute atomic E-state index is 13.1. The van der Waals surface area contributed by atoms with Gasteiger partial charge in [0.15, 0.2) is 10.8 Å². The van der Waals surface area contributed by atoms with E-state index in [1.54, 1.807) is 30.0 Å². The smallest absolute Gasteiger partial charge is 0.376 e. The summed E-state index contributed by atoms with van der Waals surface area (Å²) in [6.45, 7) is 1.91. The van der Waals surface area contributed by atoms with Crippen molar-refractivity contribution in [1.82, 2.24) is 29.8 Å². The molecule has 40 heavy (non-hydrogen) atoms. The van der Waals surface area contributed by atoms with Crippen LogP contribution in [0.2, 0.25) is 0 Å². The van der Waals surface area contributed by atoms with Gasteiger partial charge in [0.1, 0.15) is 35.2 Å². The number of rotatable bonds is 9. The summed E-state index contributed by atoms with van der Waals surface area (Å²) in [5, 5.41) is 22.3. The van der Waals surface area contributed by atoms with E-state index < -0.39 is 29.2 Å². The van der Waals surface area contributed by atoms with Crippen LogP contribution in [0.15, 0.2) is 33.0 Å². The number of carbonyl (C=O) groups excluding carboxylic acids is 2. The second-order valence-electron chi connectivity index (χ2n) is 8.49. The number of hydrogen-bond acceptors (Lipinski definition) is 14. The number of carboxylic acid groups (broad SMARTS) is 1. The number of aromatic nitrogens is 5. The minimum atomic E-state index is -1.25. The van der Waals surface area contributed by atoms with Crippen LogP contribution in [0.1, 0.15) is 12.6 Å². The van der Waals surface area contributed by atoms with Gasteiger partial charge in [-0.3, -0.25) is 14.5 Å². The Bertz CT molecular complexity index is 1600. The van der Waals surface area contributed by atoms with Gasteiger partial charge in [-0.25, -0.2) is 14.3 Å². The lowest BCUT2D eigenvalue weighted by atomic mass is 10.0. The monoisotopic (exact) mass is 606 g/mol. The number of fused-ring (bicyclic) bond motifs is 2. The minimum absolute atomic E-state index is 0.132. The molecule has 0 spiro atoms. The topological polar surface area (TPSA) is 233 Å². The van der Waals surface area contributed by atoms with E-state index in [4.69, 9.17) is 22.0 Å². The van der Waals surface area contributed by atoms with Gasteiger partial charge in [-0.1, -0.05) is 21.4 Å². The molecule has 1 fully saturated rings. The molecule has 0 aromatic carbocycles. The van der Waals surface area contributed by atoms with E-state index in [2.05, 4.69) is 25.5 Å². The van der Waals surface area contributed by atoms with Crippen LogP contribution >= 0.6 is 34.9 Å². The lowest BCUT2D eigenvalue weighted by molar-refractivity contribution is -0.631. The molecule has 2 aliphatic heterocycles. The van der Waals surface area contributed by atoms with Crippen molar-refractivity contribution in [3.05, 3.63) is 28.4 Å². The number of anilines is 3. The number of hydrogen-bond donors (Lipinski definition) is 5. The predicted octanol–water partition coefficient (Wildman–Crippen LogP) is -0.972. The number of aryl methyl sites for hydroxylation is 1. The van der Waals surface area contributed by atoms with Crippen LogP contribution in [0, 0.1) is 0 Å². The van der Waals surface area contributed by atoms with Crippen molar-refractivity contribution < 1.29 is 28.9 Å². The van der Waals surface area contributed by atoms with Gasteiger partial charge in [-0.05, 0) is 12.5 Å². The first-order chi connectivity index (χ1) is 19.1. The summed E-state index contributed by atoms with van der Waals surface area (Å²) in [6, 6.07) is 0.656. The fourth-order valence-electron chi connectivity index (χ4n) is 4.08. The third-order valence-electron chi connectivity index (χ3n) is 5.97. The lowest BCUT2D eigenvalue weighted by Crippen LogP contribution is -2.71. The maximum Gasteiger partial charge on any atom is 0.376 e. The highest BCUT2D eigenvalue weighted by Crippen LogP contribution is 2.41.